The van der Waals surface area contributed by atoms with Crippen LogP contribution in [0.3, 0.4) is 0 Å². The van der Waals surface area contributed by atoms with Crippen LogP contribution < -0.4 is 11.3 Å². The van der Waals surface area contributed by atoms with Crippen LogP contribution in [0.25, 0.3) is 0 Å². The highest BCUT2D eigenvalue weighted by Crippen LogP contribution is 2.24. The Labute approximate surface area is 122 Å². The number of nitrogens with two attached hydrogens (primary N) is 1. The Kier molecular flexibility index (Phi) is 4.80. The molecule has 2 aromatic rings. The van der Waals surface area contributed by atoms with Crippen LogP contribution in [-0.4, -0.2) is 0 Å². The van der Waals surface area contributed by atoms with Gasteiger partial charge in [0.2, 0.25) is 0 Å². The highest BCUT2D eigenvalue weighted by Gasteiger charge is 2.18. The van der Waals surface area contributed by atoms with E-state index < -0.39 is 23.5 Å². The molecule has 0 saturated carbocycles. The second kappa shape index (κ2) is 6.39. The van der Waals surface area contributed by atoms with Crippen LogP contribution in [0, 0.1) is 17.5 Å². The zero-order valence-corrected chi connectivity index (χ0v) is 11.9. The van der Waals surface area contributed by atoms with E-state index in [0.29, 0.717) is 10.0 Å². The lowest BCUT2D eigenvalue weighted by Crippen LogP contribution is -2.30. The quantitative estimate of drug-likeness (QED) is 0.656. The SMILES string of the molecule is NNC(Cc1cc(Br)ccc1F)c1cc(F)ccc1F. The van der Waals surface area contributed by atoms with Crippen LogP contribution in [0.2, 0.25) is 0 Å². The fourth-order valence-electron chi connectivity index (χ4n) is 1.96. The zero-order chi connectivity index (χ0) is 14.7. The number of hydrogen-bond acceptors (Lipinski definition) is 2. The van der Waals surface area contributed by atoms with E-state index in [1.807, 2.05) is 0 Å². The molecule has 1 atom stereocenters. The molecule has 0 bridgehead atoms. The Morgan fingerprint density at radius 1 is 1.05 bits per heavy atom. The van der Waals surface area contributed by atoms with Gasteiger partial charge in [-0.2, -0.15) is 0 Å². The van der Waals surface area contributed by atoms with Crippen molar-refractivity contribution >= 4 is 15.9 Å². The minimum absolute atomic E-state index is 0.0619. The molecule has 0 heterocycles. The first-order valence-electron chi connectivity index (χ1n) is 5.86. The molecular formula is C14H12BrF3N2. The van der Waals surface area contributed by atoms with Crippen LogP contribution >= 0.6 is 15.9 Å². The molecule has 3 N–H and O–H groups in total. The molecule has 0 aliphatic rings. The summed E-state index contributed by atoms with van der Waals surface area (Å²) in [4.78, 5) is 0. The van der Waals surface area contributed by atoms with Crippen molar-refractivity contribution in [1.82, 2.24) is 5.43 Å². The lowest BCUT2D eigenvalue weighted by molar-refractivity contribution is 0.492. The molecule has 1 unspecified atom stereocenters. The number of halogens is 4. The minimum Gasteiger partial charge on any atom is -0.271 e. The van der Waals surface area contributed by atoms with E-state index in [4.69, 9.17) is 5.84 Å². The highest BCUT2D eigenvalue weighted by atomic mass is 79.9. The monoisotopic (exact) mass is 344 g/mol. The normalized spacial score (nSPS) is 12.4. The fraction of sp³-hybridized carbons (Fsp3) is 0.143. The van der Waals surface area contributed by atoms with Gasteiger partial charge in [0.1, 0.15) is 17.5 Å². The Morgan fingerprint density at radius 3 is 2.45 bits per heavy atom. The number of rotatable bonds is 4. The van der Waals surface area contributed by atoms with Crippen molar-refractivity contribution in [2.24, 2.45) is 5.84 Å². The summed E-state index contributed by atoms with van der Waals surface area (Å²) in [6.07, 6.45) is 0.0994. The number of hydrogen-bond donors (Lipinski definition) is 2. The molecule has 0 aromatic heterocycles. The Morgan fingerprint density at radius 2 is 1.75 bits per heavy atom. The summed E-state index contributed by atoms with van der Waals surface area (Å²) in [5.41, 5.74) is 2.81. The van der Waals surface area contributed by atoms with Gasteiger partial charge >= 0.3 is 0 Å². The lowest BCUT2D eigenvalue weighted by Gasteiger charge is -2.18. The summed E-state index contributed by atoms with van der Waals surface area (Å²) in [6, 6.07) is 6.81. The first kappa shape index (κ1) is 15.0. The Balaban J connectivity index is 2.33. The van der Waals surface area contributed by atoms with Gasteiger partial charge in [0, 0.05) is 10.0 Å². The molecule has 106 valence electrons. The molecule has 0 amide bonds. The van der Waals surface area contributed by atoms with Crippen LogP contribution in [0.15, 0.2) is 40.9 Å². The van der Waals surface area contributed by atoms with E-state index in [2.05, 4.69) is 21.4 Å². The van der Waals surface area contributed by atoms with Crippen molar-refractivity contribution in [1.29, 1.82) is 0 Å². The van der Waals surface area contributed by atoms with E-state index in [0.717, 1.165) is 18.2 Å². The predicted molar refractivity (Wildman–Crippen MR) is 74.2 cm³/mol. The molecule has 2 rings (SSSR count). The van der Waals surface area contributed by atoms with Crippen LogP contribution in [0.4, 0.5) is 13.2 Å². The van der Waals surface area contributed by atoms with E-state index in [1.165, 1.54) is 6.07 Å². The van der Waals surface area contributed by atoms with Crippen LogP contribution in [0.1, 0.15) is 17.2 Å². The van der Waals surface area contributed by atoms with E-state index in [9.17, 15) is 13.2 Å². The van der Waals surface area contributed by atoms with Crippen molar-refractivity contribution in [3.8, 4) is 0 Å². The summed E-state index contributed by atoms with van der Waals surface area (Å²) in [5.74, 6) is 3.80. The first-order valence-corrected chi connectivity index (χ1v) is 6.65. The van der Waals surface area contributed by atoms with Gasteiger partial charge in [0.15, 0.2) is 0 Å². The molecular weight excluding hydrogens is 333 g/mol. The molecule has 2 aromatic carbocycles. The minimum atomic E-state index is -0.727. The molecule has 2 nitrogen and oxygen atoms in total. The second-order valence-corrected chi connectivity index (χ2v) is 5.24. The van der Waals surface area contributed by atoms with Crippen molar-refractivity contribution < 1.29 is 13.2 Å². The summed E-state index contributed by atoms with van der Waals surface area (Å²) in [5, 5.41) is 0. The van der Waals surface area contributed by atoms with Gasteiger partial charge in [0.05, 0.1) is 6.04 Å². The molecule has 0 radical (unpaired) electrons. The average Bonchev–Trinajstić information content (AvgIpc) is 2.42. The first-order chi connectivity index (χ1) is 9.51. The third-order valence-electron chi connectivity index (χ3n) is 2.97. The van der Waals surface area contributed by atoms with Gasteiger partial charge in [0.25, 0.3) is 0 Å². The molecule has 0 saturated heterocycles. The summed E-state index contributed by atoms with van der Waals surface area (Å²) >= 11 is 3.24. The van der Waals surface area contributed by atoms with E-state index >= 15 is 0 Å². The molecule has 20 heavy (non-hydrogen) atoms. The van der Waals surface area contributed by atoms with Crippen molar-refractivity contribution in [2.45, 2.75) is 12.5 Å². The van der Waals surface area contributed by atoms with Crippen LogP contribution in [-0.2, 0) is 6.42 Å². The van der Waals surface area contributed by atoms with Crippen molar-refractivity contribution in [3.05, 3.63) is 69.4 Å². The van der Waals surface area contributed by atoms with Gasteiger partial charge < -0.3 is 0 Å². The van der Waals surface area contributed by atoms with Gasteiger partial charge in [-0.15, -0.1) is 0 Å². The molecule has 6 heteroatoms. The molecule has 0 aliphatic heterocycles. The lowest BCUT2D eigenvalue weighted by atomic mass is 9.98. The van der Waals surface area contributed by atoms with E-state index in [1.54, 1.807) is 12.1 Å². The third kappa shape index (κ3) is 3.39. The number of hydrazine groups is 1. The smallest absolute Gasteiger partial charge is 0.128 e. The topological polar surface area (TPSA) is 38.0 Å². The largest absolute Gasteiger partial charge is 0.271 e. The Bertz CT molecular complexity index is 619. The molecule has 0 spiro atoms. The highest BCUT2D eigenvalue weighted by molar-refractivity contribution is 9.10. The second-order valence-electron chi connectivity index (χ2n) is 4.32. The number of benzene rings is 2. The van der Waals surface area contributed by atoms with Crippen LogP contribution in [0.5, 0.6) is 0 Å². The number of nitrogens with one attached hydrogen (secondary N) is 1. The zero-order valence-electron chi connectivity index (χ0n) is 10.3. The van der Waals surface area contributed by atoms with Crippen molar-refractivity contribution in [3.63, 3.8) is 0 Å². The van der Waals surface area contributed by atoms with Gasteiger partial charge in [-0.25, -0.2) is 13.2 Å². The Hall–Kier alpha value is -1.37. The maximum absolute atomic E-state index is 13.7. The standard InChI is InChI=1S/C14H12BrF3N2/c15-9-1-3-12(17)8(5-9)6-14(20-19)11-7-10(16)2-4-13(11)18/h1-5,7,14,20H,6,19H2. The third-order valence-corrected chi connectivity index (χ3v) is 3.46. The fourth-order valence-corrected chi connectivity index (χ4v) is 2.37. The molecule has 0 aliphatic carbocycles. The van der Waals surface area contributed by atoms with Gasteiger partial charge in [-0.3, -0.25) is 11.3 Å². The molecule has 0 fully saturated rings. The summed E-state index contributed by atoms with van der Waals surface area (Å²) in [6.45, 7) is 0. The van der Waals surface area contributed by atoms with Gasteiger partial charge in [-0.05, 0) is 48.4 Å². The predicted octanol–water partition coefficient (Wildman–Crippen LogP) is 3.61. The summed E-state index contributed by atoms with van der Waals surface area (Å²) < 4.78 is 41.3. The maximum Gasteiger partial charge on any atom is 0.128 e. The van der Waals surface area contributed by atoms with Crippen molar-refractivity contribution in [2.75, 3.05) is 0 Å². The summed E-state index contributed by atoms with van der Waals surface area (Å²) in [7, 11) is 0. The van der Waals surface area contributed by atoms with E-state index in [-0.39, 0.29) is 12.0 Å². The maximum atomic E-state index is 13.7. The average molecular weight is 345 g/mol. The van der Waals surface area contributed by atoms with Gasteiger partial charge in [-0.1, -0.05) is 15.9 Å².